The fourth-order valence-corrected chi connectivity index (χ4v) is 2.60. The molecule has 0 bridgehead atoms. The van der Waals surface area contributed by atoms with Gasteiger partial charge in [0.2, 0.25) is 0 Å². The molecule has 1 aromatic carbocycles. The number of ether oxygens (including phenoxy) is 3. The van der Waals surface area contributed by atoms with Gasteiger partial charge in [0.1, 0.15) is 29.3 Å². The minimum absolute atomic E-state index is 0.0461. The van der Waals surface area contributed by atoms with E-state index in [1.807, 2.05) is 0 Å². The van der Waals surface area contributed by atoms with Crippen molar-refractivity contribution in [2.75, 3.05) is 13.9 Å². The zero-order valence-corrected chi connectivity index (χ0v) is 15.7. The Morgan fingerprint density at radius 1 is 1.14 bits per heavy atom. The van der Waals surface area contributed by atoms with Crippen LogP contribution < -0.4 is 4.74 Å². The van der Waals surface area contributed by atoms with Crippen molar-refractivity contribution in [2.45, 2.75) is 38.1 Å². The number of aromatic hydroxyl groups is 1. The number of hydrogen-bond donors (Lipinski definition) is 3. The molecule has 0 saturated carbocycles. The Hall–Kier alpha value is -2.68. The number of ketones is 1. The van der Waals surface area contributed by atoms with Crippen LogP contribution in [0.3, 0.4) is 0 Å². The van der Waals surface area contributed by atoms with Crippen LogP contribution in [0.15, 0.2) is 30.4 Å². The van der Waals surface area contributed by atoms with Gasteiger partial charge in [0.25, 0.3) is 0 Å². The number of hydrogen-bond acceptors (Lipinski definition) is 8. The summed E-state index contributed by atoms with van der Waals surface area (Å²) in [4.78, 5) is 24.4. The maximum Gasteiger partial charge on any atom is 0.342 e. The van der Waals surface area contributed by atoms with Crippen molar-refractivity contribution in [2.24, 2.45) is 0 Å². The lowest BCUT2D eigenvalue weighted by molar-refractivity contribution is -0.127. The smallest absolute Gasteiger partial charge is 0.342 e. The molecular formula is C20H24O8. The van der Waals surface area contributed by atoms with Gasteiger partial charge in [0.15, 0.2) is 12.6 Å². The number of methoxy groups -OCH3 is 1. The second-order valence-corrected chi connectivity index (χ2v) is 6.36. The molecule has 0 saturated heterocycles. The summed E-state index contributed by atoms with van der Waals surface area (Å²) in [6.45, 7) is 1.58. The van der Waals surface area contributed by atoms with Gasteiger partial charge in [-0.3, -0.25) is 4.79 Å². The van der Waals surface area contributed by atoms with Crippen molar-refractivity contribution in [3.8, 4) is 11.5 Å². The van der Waals surface area contributed by atoms with Gasteiger partial charge in [-0.2, -0.15) is 0 Å². The van der Waals surface area contributed by atoms with E-state index in [4.69, 9.17) is 14.2 Å². The molecule has 8 heteroatoms. The third-order valence-corrected chi connectivity index (χ3v) is 4.06. The van der Waals surface area contributed by atoms with Crippen LogP contribution in [0.1, 0.15) is 35.7 Å². The van der Waals surface area contributed by atoms with Gasteiger partial charge in [0, 0.05) is 19.6 Å². The van der Waals surface area contributed by atoms with Gasteiger partial charge in [-0.05, 0) is 31.1 Å². The number of rotatable bonds is 3. The predicted octanol–water partition coefficient (Wildman–Crippen LogP) is 1.57. The first kappa shape index (κ1) is 21.6. The van der Waals surface area contributed by atoms with Crippen LogP contribution in [-0.4, -0.2) is 59.3 Å². The first-order valence-corrected chi connectivity index (χ1v) is 8.76. The summed E-state index contributed by atoms with van der Waals surface area (Å²) in [6.07, 6.45) is 2.28. The van der Waals surface area contributed by atoms with Crippen LogP contribution >= 0.6 is 0 Å². The summed E-state index contributed by atoms with van der Waals surface area (Å²) in [5.41, 5.74) is 0.240. The summed E-state index contributed by atoms with van der Waals surface area (Å²) >= 11 is 0. The number of carbonyl (C=O) groups excluding carboxylic acids is 2. The number of phenols is 1. The molecule has 1 aliphatic heterocycles. The molecule has 28 heavy (non-hydrogen) atoms. The third kappa shape index (κ3) is 5.66. The fourth-order valence-electron chi connectivity index (χ4n) is 2.60. The van der Waals surface area contributed by atoms with E-state index in [9.17, 15) is 24.9 Å². The van der Waals surface area contributed by atoms with Crippen LogP contribution in [0.2, 0.25) is 0 Å². The molecule has 0 fully saturated rings. The van der Waals surface area contributed by atoms with Crippen molar-refractivity contribution >= 4 is 17.8 Å². The average Bonchev–Trinajstić information content (AvgIpc) is 2.64. The Labute approximate surface area is 162 Å². The largest absolute Gasteiger partial charge is 0.507 e. The number of benzene rings is 1. The summed E-state index contributed by atoms with van der Waals surface area (Å²) in [6, 6.07) is 2.79. The van der Waals surface area contributed by atoms with Gasteiger partial charge in [-0.15, -0.1) is 0 Å². The zero-order valence-electron chi connectivity index (χ0n) is 15.7. The highest BCUT2D eigenvalue weighted by atomic mass is 16.7. The molecule has 0 aromatic heterocycles. The minimum Gasteiger partial charge on any atom is -0.507 e. The molecule has 2 rings (SSSR count). The van der Waals surface area contributed by atoms with E-state index in [1.165, 1.54) is 37.5 Å². The summed E-state index contributed by atoms with van der Waals surface area (Å²) in [7, 11) is 1.44. The van der Waals surface area contributed by atoms with E-state index in [1.54, 1.807) is 6.92 Å². The maximum absolute atomic E-state index is 12.6. The van der Waals surface area contributed by atoms with E-state index in [-0.39, 0.29) is 36.7 Å². The summed E-state index contributed by atoms with van der Waals surface area (Å²) in [5.74, 6) is -1.43. The lowest BCUT2D eigenvalue weighted by Crippen LogP contribution is -2.32. The van der Waals surface area contributed by atoms with Crippen molar-refractivity contribution in [1.29, 1.82) is 0 Å². The predicted molar refractivity (Wildman–Crippen MR) is 99.9 cm³/mol. The molecule has 0 aliphatic carbocycles. The van der Waals surface area contributed by atoms with Crippen molar-refractivity contribution in [3.63, 3.8) is 0 Å². The number of carbonyl (C=O) groups is 2. The Kier molecular flexibility index (Phi) is 7.74. The normalized spacial score (nSPS) is 25.9. The molecule has 1 aliphatic rings. The molecule has 152 valence electrons. The molecule has 1 heterocycles. The van der Waals surface area contributed by atoms with E-state index >= 15 is 0 Å². The standard InChI is InChI=1S/C20H24O8/c1-12-5-3-7-15(21)19(24)16(22)8-4-6-13-9-14(27-11-26-2)10-17(23)18(13)20(25)28-12/h3-4,6-7,9-10,12,16,19,22-24H,5,8,11H2,1-2H3/b6-4+,7-3-/t12-,16-,19?/m0/s1. The van der Waals surface area contributed by atoms with Gasteiger partial charge >= 0.3 is 5.97 Å². The number of esters is 1. The Bertz CT molecular complexity index is 768. The van der Waals surface area contributed by atoms with Crippen molar-refractivity contribution in [1.82, 2.24) is 0 Å². The highest BCUT2D eigenvalue weighted by Gasteiger charge is 2.23. The molecule has 1 aromatic rings. The minimum atomic E-state index is -1.56. The summed E-state index contributed by atoms with van der Waals surface area (Å²) < 4.78 is 15.5. The highest BCUT2D eigenvalue weighted by molar-refractivity contribution is 5.97. The zero-order chi connectivity index (χ0) is 20.7. The first-order chi connectivity index (χ1) is 13.3. The van der Waals surface area contributed by atoms with Gasteiger partial charge in [-0.1, -0.05) is 18.2 Å². The average molecular weight is 392 g/mol. The van der Waals surface area contributed by atoms with E-state index < -0.39 is 30.1 Å². The maximum atomic E-state index is 12.6. The third-order valence-electron chi connectivity index (χ3n) is 4.06. The second kappa shape index (κ2) is 10.0. The van der Waals surface area contributed by atoms with E-state index in [0.29, 0.717) is 5.56 Å². The molecule has 1 unspecified atom stereocenters. The molecule has 3 atom stereocenters. The lowest BCUT2D eigenvalue weighted by atomic mass is 10.0. The van der Waals surface area contributed by atoms with Crippen LogP contribution in [0.5, 0.6) is 11.5 Å². The quantitative estimate of drug-likeness (QED) is 0.523. The van der Waals surface area contributed by atoms with Gasteiger partial charge in [-0.25, -0.2) is 4.79 Å². The number of aliphatic hydroxyl groups is 2. The first-order valence-electron chi connectivity index (χ1n) is 8.76. The lowest BCUT2D eigenvalue weighted by Gasteiger charge is -2.17. The monoisotopic (exact) mass is 392 g/mol. The number of cyclic esters (lactones) is 1. The number of phenolic OH excluding ortho intramolecular Hbond substituents is 1. The van der Waals surface area contributed by atoms with Crippen LogP contribution in [0.25, 0.3) is 6.08 Å². The molecule has 0 amide bonds. The molecule has 0 radical (unpaired) electrons. The number of fused-ring (bicyclic) bond motifs is 1. The molecular weight excluding hydrogens is 368 g/mol. The molecule has 3 N–H and O–H groups in total. The molecule has 8 nitrogen and oxygen atoms in total. The summed E-state index contributed by atoms with van der Waals surface area (Å²) in [5, 5.41) is 30.2. The van der Waals surface area contributed by atoms with Gasteiger partial charge < -0.3 is 29.5 Å². The van der Waals surface area contributed by atoms with Crippen LogP contribution in [0.4, 0.5) is 0 Å². The highest BCUT2D eigenvalue weighted by Crippen LogP contribution is 2.30. The number of aliphatic hydroxyl groups excluding tert-OH is 2. The van der Waals surface area contributed by atoms with Crippen LogP contribution in [0, 0.1) is 0 Å². The second-order valence-electron chi connectivity index (χ2n) is 6.36. The SMILES string of the molecule is COCOc1cc(O)c2c(c1)/C=C/C[C@H](O)C(O)C(=O)/C=C\C[C@H](C)OC2=O. The Morgan fingerprint density at radius 3 is 2.57 bits per heavy atom. The van der Waals surface area contributed by atoms with Crippen molar-refractivity contribution in [3.05, 3.63) is 41.5 Å². The fraction of sp³-hybridized carbons (Fsp3) is 0.400. The van der Waals surface area contributed by atoms with Crippen LogP contribution in [-0.2, 0) is 14.3 Å². The van der Waals surface area contributed by atoms with E-state index in [2.05, 4.69) is 0 Å². The van der Waals surface area contributed by atoms with Crippen molar-refractivity contribution < 1.29 is 39.1 Å². The molecule has 0 spiro atoms. The Balaban J connectivity index is 2.43. The van der Waals surface area contributed by atoms with Gasteiger partial charge in [0.05, 0.1) is 6.10 Å². The Morgan fingerprint density at radius 2 is 1.86 bits per heavy atom. The topological polar surface area (TPSA) is 123 Å². The van der Waals surface area contributed by atoms with E-state index in [0.717, 1.165) is 6.08 Å².